The van der Waals surface area contributed by atoms with Crippen LogP contribution in [0.15, 0.2) is 9.59 Å². The molecule has 2 aromatic rings. The number of hydrogen-bond acceptors (Lipinski definition) is 3. The normalized spacial score (nSPS) is 11.3. The maximum atomic E-state index is 12.3. The molecule has 104 valence electrons. The fourth-order valence-electron chi connectivity index (χ4n) is 2.20. The summed E-state index contributed by atoms with van der Waals surface area (Å²) in [6.07, 6.45) is 1.86. The molecule has 0 unspecified atom stereocenters. The maximum absolute atomic E-state index is 12.3. The second kappa shape index (κ2) is 5.16. The van der Waals surface area contributed by atoms with Crippen LogP contribution in [0.25, 0.3) is 11.2 Å². The molecule has 0 saturated heterocycles. The van der Waals surface area contributed by atoms with Gasteiger partial charge in [0.2, 0.25) is 0 Å². The number of aryl methyl sites for hydroxylation is 2. The first-order valence-corrected chi connectivity index (χ1v) is 6.86. The Balaban J connectivity index is 2.93. The zero-order valence-electron chi connectivity index (χ0n) is 11.4. The van der Waals surface area contributed by atoms with Crippen molar-refractivity contribution in [2.24, 2.45) is 7.05 Å². The number of rotatable bonds is 4. The third-order valence-corrected chi connectivity index (χ3v) is 3.70. The molecule has 7 heteroatoms. The summed E-state index contributed by atoms with van der Waals surface area (Å²) >= 11 is 5.15. The molecule has 2 heterocycles. The van der Waals surface area contributed by atoms with Gasteiger partial charge in [-0.3, -0.25) is 13.9 Å². The molecule has 0 bridgehead atoms. The van der Waals surface area contributed by atoms with E-state index >= 15 is 0 Å². The predicted molar refractivity (Wildman–Crippen MR) is 77.2 cm³/mol. The lowest BCUT2D eigenvalue weighted by Crippen LogP contribution is -2.40. The van der Waals surface area contributed by atoms with E-state index in [9.17, 15) is 9.59 Å². The highest BCUT2D eigenvalue weighted by Crippen LogP contribution is 2.07. The SMILES string of the molecule is CCCCn1c(=O)n(CC)c(=O)c2c1[nH]c(=S)n2C. The van der Waals surface area contributed by atoms with Crippen LogP contribution < -0.4 is 11.2 Å². The molecule has 0 aromatic carbocycles. The summed E-state index contributed by atoms with van der Waals surface area (Å²) in [6, 6.07) is 0. The Morgan fingerprint density at radius 2 is 1.89 bits per heavy atom. The quantitative estimate of drug-likeness (QED) is 0.862. The number of aromatic nitrogens is 4. The number of fused-ring (bicyclic) bond motifs is 1. The van der Waals surface area contributed by atoms with E-state index in [1.54, 1.807) is 23.1 Å². The van der Waals surface area contributed by atoms with Crippen molar-refractivity contribution in [1.29, 1.82) is 0 Å². The lowest BCUT2D eigenvalue weighted by molar-refractivity contribution is 0.561. The van der Waals surface area contributed by atoms with Crippen molar-refractivity contribution < 1.29 is 0 Å². The molecule has 0 saturated carbocycles. The van der Waals surface area contributed by atoms with Gasteiger partial charge in [-0.05, 0) is 25.6 Å². The minimum atomic E-state index is -0.287. The summed E-state index contributed by atoms with van der Waals surface area (Å²) in [4.78, 5) is 27.6. The average molecular weight is 282 g/mol. The molecule has 19 heavy (non-hydrogen) atoms. The van der Waals surface area contributed by atoms with Crippen LogP contribution in [-0.2, 0) is 20.1 Å². The Morgan fingerprint density at radius 3 is 2.47 bits per heavy atom. The Morgan fingerprint density at radius 1 is 1.21 bits per heavy atom. The fraction of sp³-hybridized carbons (Fsp3) is 0.583. The molecule has 2 aromatic heterocycles. The number of imidazole rings is 1. The third-order valence-electron chi connectivity index (χ3n) is 3.32. The van der Waals surface area contributed by atoms with Crippen molar-refractivity contribution in [3.05, 3.63) is 25.6 Å². The zero-order chi connectivity index (χ0) is 14.2. The van der Waals surface area contributed by atoms with Gasteiger partial charge in [-0.15, -0.1) is 0 Å². The molecule has 0 atom stereocenters. The second-order valence-corrected chi connectivity index (χ2v) is 4.91. The van der Waals surface area contributed by atoms with Crippen molar-refractivity contribution in [3.8, 4) is 0 Å². The minimum absolute atomic E-state index is 0.273. The molecule has 0 aliphatic carbocycles. The van der Waals surface area contributed by atoms with Crippen molar-refractivity contribution in [2.75, 3.05) is 0 Å². The molecular weight excluding hydrogens is 264 g/mol. The zero-order valence-corrected chi connectivity index (χ0v) is 12.2. The van der Waals surface area contributed by atoms with Crippen molar-refractivity contribution >= 4 is 23.4 Å². The Kier molecular flexibility index (Phi) is 3.75. The number of hydrogen-bond donors (Lipinski definition) is 1. The summed E-state index contributed by atoms with van der Waals surface area (Å²) in [5, 5.41) is 0. The van der Waals surface area contributed by atoms with Crippen molar-refractivity contribution in [1.82, 2.24) is 18.7 Å². The van der Waals surface area contributed by atoms with Gasteiger partial charge >= 0.3 is 5.69 Å². The molecule has 0 aliphatic rings. The fourth-order valence-corrected chi connectivity index (χ4v) is 2.39. The smallest absolute Gasteiger partial charge is 0.316 e. The minimum Gasteiger partial charge on any atom is -0.316 e. The van der Waals surface area contributed by atoms with Crippen LogP contribution >= 0.6 is 12.2 Å². The van der Waals surface area contributed by atoms with Gasteiger partial charge in [-0.25, -0.2) is 4.79 Å². The van der Waals surface area contributed by atoms with E-state index in [0.29, 0.717) is 29.0 Å². The van der Waals surface area contributed by atoms with E-state index in [4.69, 9.17) is 12.2 Å². The largest absolute Gasteiger partial charge is 0.332 e. The van der Waals surface area contributed by atoms with Gasteiger partial charge in [0.1, 0.15) is 5.65 Å². The lowest BCUT2D eigenvalue weighted by atomic mass is 10.3. The first-order valence-electron chi connectivity index (χ1n) is 6.45. The number of H-pyrrole nitrogens is 1. The van der Waals surface area contributed by atoms with Gasteiger partial charge in [0.25, 0.3) is 5.56 Å². The standard InChI is InChI=1S/C12H18N4O2S/c1-4-6-7-16-9-8(14(3)11(19)13-9)10(17)15(5-2)12(16)18/h4-7H2,1-3H3,(H,13,19). The van der Waals surface area contributed by atoms with Gasteiger partial charge in [0.05, 0.1) is 0 Å². The molecule has 6 nitrogen and oxygen atoms in total. The van der Waals surface area contributed by atoms with Crippen LogP contribution in [0.1, 0.15) is 26.7 Å². The third kappa shape index (κ3) is 2.07. The van der Waals surface area contributed by atoms with Crippen molar-refractivity contribution in [2.45, 2.75) is 39.8 Å². The number of aromatic amines is 1. The Bertz CT molecular complexity index is 778. The van der Waals surface area contributed by atoms with Crippen LogP contribution in [0.4, 0.5) is 0 Å². The van der Waals surface area contributed by atoms with E-state index in [1.807, 2.05) is 0 Å². The summed E-state index contributed by atoms with van der Waals surface area (Å²) < 4.78 is 4.94. The molecule has 0 aliphatic heterocycles. The topological polar surface area (TPSA) is 64.7 Å². The first kappa shape index (κ1) is 13.8. The van der Waals surface area contributed by atoms with E-state index in [2.05, 4.69) is 11.9 Å². The number of unbranched alkanes of at least 4 members (excludes halogenated alkanes) is 1. The van der Waals surface area contributed by atoms with Gasteiger partial charge < -0.3 is 9.55 Å². The van der Waals surface area contributed by atoms with Gasteiger partial charge in [-0.1, -0.05) is 13.3 Å². The highest BCUT2D eigenvalue weighted by Gasteiger charge is 2.15. The monoisotopic (exact) mass is 282 g/mol. The molecule has 0 radical (unpaired) electrons. The number of nitrogens with one attached hydrogen (secondary N) is 1. The molecule has 0 amide bonds. The van der Waals surface area contributed by atoms with E-state index in [-0.39, 0.29) is 11.2 Å². The van der Waals surface area contributed by atoms with Crippen LogP contribution in [0.3, 0.4) is 0 Å². The summed E-state index contributed by atoms with van der Waals surface area (Å²) in [5.41, 5.74) is 0.429. The second-order valence-electron chi connectivity index (χ2n) is 4.52. The molecule has 1 N–H and O–H groups in total. The highest BCUT2D eigenvalue weighted by molar-refractivity contribution is 7.71. The Labute approximate surface area is 115 Å². The summed E-state index contributed by atoms with van der Waals surface area (Å²) in [6.45, 7) is 4.80. The van der Waals surface area contributed by atoms with E-state index in [0.717, 1.165) is 12.8 Å². The van der Waals surface area contributed by atoms with E-state index < -0.39 is 0 Å². The van der Waals surface area contributed by atoms with Gasteiger partial charge in [0, 0.05) is 20.1 Å². The van der Waals surface area contributed by atoms with Crippen LogP contribution in [0.5, 0.6) is 0 Å². The molecule has 0 fully saturated rings. The molecule has 2 rings (SSSR count). The average Bonchev–Trinajstić information content (AvgIpc) is 2.66. The molecule has 0 spiro atoms. The first-order chi connectivity index (χ1) is 9.02. The predicted octanol–water partition coefficient (Wildman–Crippen LogP) is 1.38. The lowest BCUT2D eigenvalue weighted by Gasteiger charge is -2.10. The van der Waals surface area contributed by atoms with Gasteiger partial charge in [-0.2, -0.15) is 0 Å². The van der Waals surface area contributed by atoms with Crippen LogP contribution in [0, 0.1) is 4.77 Å². The maximum Gasteiger partial charge on any atom is 0.332 e. The Hall–Kier alpha value is -1.63. The van der Waals surface area contributed by atoms with E-state index in [1.165, 1.54) is 4.57 Å². The summed E-state index contributed by atoms with van der Waals surface area (Å²) in [5.74, 6) is 0. The van der Waals surface area contributed by atoms with Crippen LogP contribution in [0.2, 0.25) is 0 Å². The highest BCUT2D eigenvalue weighted by atomic mass is 32.1. The summed E-state index contributed by atoms with van der Waals surface area (Å²) in [7, 11) is 1.73. The van der Waals surface area contributed by atoms with Crippen molar-refractivity contribution in [3.63, 3.8) is 0 Å². The molecular formula is C12H18N4O2S. The van der Waals surface area contributed by atoms with Crippen LogP contribution in [-0.4, -0.2) is 18.7 Å². The van der Waals surface area contributed by atoms with Gasteiger partial charge in [0.15, 0.2) is 10.3 Å². The number of nitrogens with zero attached hydrogens (tertiary/aromatic N) is 3.